The maximum absolute atomic E-state index is 5.96. The van der Waals surface area contributed by atoms with Gasteiger partial charge in [0.15, 0.2) is 0 Å². The summed E-state index contributed by atoms with van der Waals surface area (Å²) in [6.45, 7) is 5.08. The van der Waals surface area contributed by atoms with Crippen molar-refractivity contribution in [1.82, 2.24) is 0 Å². The summed E-state index contributed by atoms with van der Waals surface area (Å²) >= 11 is 0. The minimum atomic E-state index is 0.325. The molecule has 2 rings (SSSR count). The number of aryl methyl sites for hydroxylation is 1. The second kappa shape index (κ2) is 6.92. The maximum Gasteiger partial charge on any atom is 0.0624 e. The number of hydrogen-bond donors (Lipinski definition) is 1. The highest BCUT2D eigenvalue weighted by molar-refractivity contribution is 5.39. The lowest BCUT2D eigenvalue weighted by Crippen LogP contribution is -2.34. The van der Waals surface area contributed by atoms with Gasteiger partial charge in [-0.1, -0.05) is 12.1 Å². The summed E-state index contributed by atoms with van der Waals surface area (Å²) in [5, 5.41) is 0. The van der Waals surface area contributed by atoms with Crippen LogP contribution < -0.4 is 5.73 Å². The van der Waals surface area contributed by atoms with Gasteiger partial charge in [-0.25, -0.2) is 0 Å². The van der Waals surface area contributed by atoms with Crippen molar-refractivity contribution in [2.24, 2.45) is 0 Å². The zero-order valence-corrected chi connectivity index (χ0v) is 12.0. The van der Waals surface area contributed by atoms with Crippen LogP contribution in [-0.2, 0) is 15.9 Å². The van der Waals surface area contributed by atoms with Crippen molar-refractivity contribution in [2.75, 3.05) is 12.3 Å². The molecule has 3 nitrogen and oxygen atoms in total. The summed E-state index contributed by atoms with van der Waals surface area (Å²) in [6.07, 6.45) is 5.17. The van der Waals surface area contributed by atoms with Crippen molar-refractivity contribution in [2.45, 2.75) is 57.8 Å². The van der Waals surface area contributed by atoms with Crippen molar-refractivity contribution in [3.8, 4) is 0 Å². The lowest BCUT2D eigenvalue weighted by Gasteiger charge is -2.32. The molecule has 3 heteroatoms. The van der Waals surface area contributed by atoms with Crippen molar-refractivity contribution < 1.29 is 9.47 Å². The molecule has 19 heavy (non-hydrogen) atoms. The molecule has 1 aromatic carbocycles. The van der Waals surface area contributed by atoms with E-state index in [4.69, 9.17) is 15.2 Å². The fraction of sp³-hybridized carbons (Fsp3) is 0.625. The molecule has 0 aromatic heterocycles. The Hall–Kier alpha value is -1.06. The molecule has 106 valence electrons. The van der Waals surface area contributed by atoms with Crippen LogP contribution in [0.25, 0.3) is 0 Å². The van der Waals surface area contributed by atoms with Gasteiger partial charge in [0, 0.05) is 12.3 Å². The third kappa shape index (κ3) is 4.84. The third-order valence-corrected chi connectivity index (χ3v) is 3.60. The van der Waals surface area contributed by atoms with Gasteiger partial charge in [-0.05, 0) is 57.2 Å². The summed E-state index contributed by atoms with van der Waals surface area (Å²) in [5.41, 5.74) is 7.82. The van der Waals surface area contributed by atoms with E-state index in [-0.39, 0.29) is 0 Å². The van der Waals surface area contributed by atoms with Crippen molar-refractivity contribution in [1.29, 1.82) is 0 Å². The van der Waals surface area contributed by atoms with E-state index in [1.165, 1.54) is 5.56 Å². The average Bonchev–Trinajstić information content (AvgIpc) is 2.36. The first-order chi connectivity index (χ1) is 9.13. The van der Waals surface area contributed by atoms with Crippen LogP contribution in [-0.4, -0.2) is 24.9 Å². The monoisotopic (exact) mass is 263 g/mol. The number of hydrogen-bond acceptors (Lipinski definition) is 3. The molecule has 2 N–H and O–H groups in total. The molecule has 0 bridgehead atoms. The van der Waals surface area contributed by atoms with Gasteiger partial charge in [-0.3, -0.25) is 0 Å². The van der Waals surface area contributed by atoms with Crippen LogP contribution in [0.1, 0.15) is 38.7 Å². The zero-order valence-electron chi connectivity index (χ0n) is 12.0. The first kappa shape index (κ1) is 14.4. The number of benzene rings is 1. The highest BCUT2D eigenvalue weighted by atomic mass is 16.5. The molecule has 0 spiro atoms. The molecule has 2 atom stereocenters. The number of nitrogens with two attached hydrogens (primary N) is 1. The van der Waals surface area contributed by atoms with Crippen LogP contribution in [0, 0.1) is 0 Å². The van der Waals surface area contributed by atoms with E-state index in [1.54, 1.807) is 0 Å². The van der Waals surface area contributed by atoms with E-state index in [9.17, 15) is 0 Å². The smallest absolute Gasteiger partial charge is 0.0624 e. The van der Waals surface area contributed by atoms with E-state index in [0.29, 0.717) is 18.3 Å². The Morgan fingerprint density at radius 1 is 1.16 bits per heavy atom. The highest BCUT2D eigenvalue weighted by Gasteiger charge is 2.24. The van der Waals surface area contributed by atoms with Crippen molar-refractivity contribution in [3.05, 3.63) is 29.8 Å². The normalized spacial score (nSPS) is 27.4. The summed E-state index contributed by atoms with van der Waals surface area (Å²) in [4.78, 5) is 0. The molecule has 2 unspecified atom stereocenters. The van der Waals surface area contributed by atoms with Gasteiger partial charge in [-0.2, -0.15) is 0 Å². The molecule has 1 saturated heterocycles. The van der Waals surface area contributed by atoms with Gasteiger partial charge >= 0.3 is 0 Å². The molecule has 1 heterocycles. The molecule has 0 saturated carbocycles. The first-order valence-electron chi connectivity index (χ1n) is 7.25. The standard InChI is InChI=1S/C16H25NO2/c1-12-10-16(11-13(2)19-12)18-9-3-4-14-5-7-15(17)8-6-14/h5-8,12-13,16H,3-4,9-11,17H2,1-2H3. The predicted octanol–water partition coefficient (Wildman–Crippen LogP) is 3.17. The molecule has 0 radical (unpaired) electrons. The largest absolute Gasteiger partial charge is 0.399 e. The van der Waals surface area contributed by atoms with Gasteiger partial charge in [0.05, 0.1) is 18.3 Å². The molecule has 1 aromatic rings. The second-order valence-electron chi connectivity index (χ2n) is 5.57. The number of rotatable bonds is 5. The molecule has 0 aliphatic carbocycles. The third-order valence-electron chi connectivity index (χ3n) is 3.60. The number of anilines is 1. The topological polar surface area (TPSA) is 44.5 Å². The van der Waals surface area contributed by atoms with Crippen LogP contribution in [0.5, 0.6) is 0 Å². The van der Waals surface area contributed by atoms with Crippen molar-refractivity contribution in [3.63, 3.8) is 0 Å². The maximum atomic E-state index is 5.96. The van der Waals surface area contributed by atoms with E-state index in [0.717, 1.165) is 38.0 Å². The van der Waals surface area contributed by atoms with Crippen LogP contribution in [0.4, 0.5) is 5.69 Å². The zero-order chi connectivity index (χ0) is 13.7. The Labute approximate surface area is 116 Å². The molecule has 1 aliphatic heterocycles. The first-order valence-corrected chi connectivity index (χ1v) is 7.25. The van der Waals surface area contributed by atoms with Crippen LogP contribution >= 0.6 is 0 Å². The summed E-state index contributed by atoms with van der Waals surface area (Å²) in [6, 6.07) is 8.10. The Kier molecular flexibility index (Phi) is 5.23. The second-order valence-corrected chi connectivity index (χ2v) is 5.57. The van der Waals surface area contributed by atoms with Crippen LogP contribution in [0.3, 0.4) is 0 Å². The number of ether oxygens (including phenoxy) is 2. The predicted molar refractivity (Wildman–Crippen MR) is 78.2 cm³/mol. The molecular formula is C16H25NO2. The van der Waals surface area contributed by atoms with E-state index in [2.05, 4.69) is 26.0 Å². The highest BCUT2D eigenvalue weighted by Crippen LogP contribution is 2.21. The van der Waals surface area contributed by atoms with Crippen molar-refractivity contribution >= 4 is 5.69 Å². The molecule has 0 amide bonds. The molecular weight excluding hydrogens is 238 g/mol. The van der Waals surface area contributed by atoms with Gasteiger partial charge in [0.25, 0.3) is 0 Å². The van der Waals surface area contributed by atoms with Gasteiger partial charge < -0.3 is 15.2 Å². The SMILES string of the molecule is CC1CC(OCCCc2ccc(N)cc2)CC(C)O1. The minimum absolute atomic E-state index is 0.325. The van der Waals surface area contributed by atoms with Gasteiger partial charge in [0.1, 0.15) is 0 Å². The Morgan fingerprint density at radius 3 is 2.42 bits per heavy atom. The summed E-state index contributed by atoms with van der Waals surface area (Å²) in [7, 11) is 0. The fourth-order valence-corrected chi connectivity index (χ4v) is 2.69. The lowest BCUT2D eigenvalue weighted by atomic mass is 10.0. The summed E-state index contributed by atoms with van der Waals surface area (Å²) in [5.74, 6) is 0. The van der Waals surface area contributed by atoms with E-state index < -0.39 is 0 Å². The van der Waals surface area contributed by atoms with E-state index in [1.807, 2.05) is 12.1 Å². The lowest BCUT2D eigenvalue weighted by molar-refractivity contribution is -0.102. The average molecular weight is 263 g/mol. The molecule has 1 fully saturated rings. The van der Waals surface area contributed by atoms with Gasteiger partial charge in [-0.15, -0.1) is 0 Å². The quantitative estimate of drug-likeness (QED) is 0.655. The summed E-state index contributed by atoms with van der Waals surface area (Å²) < 4.78 is 11.7. The van der Waals surface area contributed by atoms with Gasteiger partial charge in [0.2, 0.25) is 0 Å². The fourth-order valence-electron chi connectivity index (χ4n) is 2.69. The Balaban J connectivity index is 1.65. The van der Waals surface area contributed by atoms with Crippen LogP contribution in [0.2, 0.25) is 0 Å². The Morgan fingerprint density at radius 2 is 1.79 bits per heavy atom. The molecule has 1 aliphatic rings. The van der Waals surface area contributed by atoms with Crippen LogP contribution in [0.15, 0.2) is 24.3 Å². The minimum Gasteiger partial charge on any atom is -0.399 e. The number of nitrogen functional groups attached to an aromatic ring is 1. The van der Waals surface area contributed by atoms with E-state index >= 15 is 0 Å². The Bertz CT molecular complexity index is 367.